The number of piperidine rings is 1. The number of ether oxygens (including phenoxy) is 1. The molecule has 0 amide bonds. The number of carbonyl (C=O) groups is 1. The molecule has 1 saturated heterocycles. The molecule has 27 heavy (non-hydrogen) atoms. The quantitative estimate of drug-likeness (QED) is 0.780. The predicted octanol–water partition coefficient (Wildman–Crippen LogP) is 4.79. The normalized spacial score (nSPS) is 15.9. The Morgan fingerprint density at radius 1 is 1.00 bits per heavy atom. The highest BCUT2D eigenvalue weighted by Gasteiger charge is 2.17. The molecule has 0 saturated carbocycles. The fourth-order valence-corrected chi connectivity index (χ4v) is 2.69. The van der Waals surface area contributed by atoms with Crippen LogP contribution >= 0.6 is 0 Å². The number of nitrogens with one attached hydrogen (secondary N) is 1. The van der Waals surface area contributed by atoms with Crippen molar-refractivity contribution >= 4 is 11.9 Å². The van der Waals surface area contributed by atoms with E-state index in [1.807, 2.05) is 30.3 Å². The van der Waals surface area contributed by atoms with Gasteiger partial charge in [0.05, 0.1) is 7.11 Å². The molecule has 3 heteroatoms. The van der Waals surface area contributed by atoms with Crippen LogP contribution in [0.15, 0.2) is 72.3 Å². The average Bonchev–Trinajstić information content (AvgIpc) is 2.67. The van der Waals surface area contributed by atoms with Crippen molar-refractivity contribution in [2.24, 2.45) is 0 Å². The van der Waals surface area contributed by atoms with Gasteiger partial charge < -0.3 is 10.1 Å². The highest BCUT2D eigenvalue weighted by molar-refractivity contribution is 6.11. The van der Waals surface area contributed by atoms with Gasteiger partial charge in [-0.05, 0) is 34.8 Å². The van der Waals surface area contributed by atoms with Gasteiger partial charge in [-0.3, -0.25) is 4.79 Å². The topological polar surface area (TPSA) is 38.3 Å². The van der Waals surface area contributed by atoms with Crippen LogP contribution in [-0.2, 0) is 10.2 Å². The first-order valence-corrected chi connectivity index (χ1v) is 9.14. The Morgan fingerprint density at radius 3 is 2.15 bits per heavy atom. The lowest BCUT2D eigenvalue weighted by Crippen LogP contribution is -2.32. The Kier molecular flexibility index (Phi) is 7.14. The molecule has 3 rings (SSSR count). The van der Waals surface area contributed by atoms with Crippen molar-refractivity contribution in [2.75, 3.05) is 20.2 Å². The Hall–Kier alpha value is -2.65. The Bertz CT molecular complexity index is 797. The Morgan fingerprint density at radius 2 is 1.63 bits per heavy atom. The number of Topliss-reactive ketones (excluding diaryl/α,β-unsaturated/α-hetero) is 1. The molecule has 0 unspecified atom stereocenters. The minimum atomic E-state index is 0.0552. The molecule has 1 aliphatic rings. The minimum absolute atomic E-state index is 0.0552. The van der Waals surface area contributed by atoms with E-state index in [0.29, 0.717) is 24.1 Å². The van der Waals surface area contributed by atoms with E-state index in [2.05, 4.69) is 63.0 Å². The standard InChI is InChI=1S/C14H15NO2.C10H14/c1-10-8-15-9-12(14(10)16)7-11-3-5-13(17-2)6-4-11;1-10(2,3)9-7-5-4-6-8-9/h3-7,15H,1,8-9H2,2H3;4-8H,1-3H3. The van der Waals surface area contributed by atoms with Gasteiger partial charge in [0.2, 0.25) is 0 Å². The van der Waals surface area contributed by atoms with Gasteiger partial charge in [-0.2, -0.15) is 0 Å². The molecule has 0 aromatic heterocycles. The first-order valence-electron chi connectivity index (χ1n) is 9.14. The summed E-state index contributed by atoms with van der Waals surface area (Å²) in [6, 6.07) is 18.2. The second-order valence-electron chi connectivity index (χ2n) is 7.59. The molecule has 0 atom stereocenters. The second kappa shape index (κ2) is 9.33. The third-order valence-electron chi connectivity index (χ3n) is 4.36. The van der Waals surface area contributed by atoms with E-state index in [0.717, 1.165) is 16.9 Å². The summed E-state index contributed by atoms with van der Waals surface area (Å²) in [5.74, 6) is 0.865. The van der Waals surface area contributed by atoms with E-state index in [9.17, 15) is 4.79 Å². The third-order valence-corrected chi connectivity index (χ3v) is 4.36. The van der Waals surface area contributed by atoms with E-state index in [1.165, 1.54) is 5.56 Å². The van der Waals surface area contributed by atoms with Gasteiger partial charge in [0.25, 0.3) is 0 Å². The van der Waals surface area contributed by atoms with E-state index in [-0.39, 0.29) is 5.78 Å². The van der Waals surface area contributed by atoms with Crippen molar-refractivity contribution < 1.29 is 9.53 Å². The molecule has 2 aromatic rings. The zero-order valence-corrected chi connectivity index (χ0v) is 16.7. The zero-order valence-electron chi connectivity index (χ0n) is 16.7. The van der Waals surface area contributed by atoms with Gasteiger partial charge in [0.1, 0.15) is 5.75 Å². The lowest BCUT2D eigenvalue weighted by molar-refractivity contribution is -0.112. The van der Waals surface area contributed by atoms with Crippen LogP contribution in [0.3, 0.4) is 0 Å². The molecule has 1 N–H and O–H groups in total. The van der Waals surface area contributed by atoms with Crippen LogP contribution in [0.25, 0.3) is 6.08 Å². The number of hydrogen-bond donors (Lipinski definition) is 1. The zero-order chi connectivity index (χ0) is 19.9. The number of ketones is 1. The molecule has 1 aliphatic heterocycles. The number of carbonyl (C=O) groups excluding carboxylic acids is 1. The summed E-state index contributed by atoms with van der Waals surface area (Å²) >= 11 is 0. The lowest BCUT2D eigenvalue weighted by atomic mass is 9.87. The molecule has 0 spiro atoms. The van der Waals surface area contributed by atoms with Gasteiger partial charge >= 0.3 is 0 Å². The fraction of sp³-hybridized carbons (Fsp3) is 0.292. The molecular formula is C24H29NO2. The number of methoxy groups -OCH3 is 1. The van der Waals surface area contributed by atoms with Gasteiger partial charge in [-0.1, -0.05) is 69.8 Å². The predicted molar refractivity (Wildman–Crippen MR) is 113 cm³/mol. The first-order chi connectivity index (χ1) is 12.8. The van der Waals surface area contributed by atoms with Crippen molar-refractivity contribution in [1.82, 2.24) is 5.32 Å². The maximum Gasteiger partial charge on any atom is 0.187 e. The summed E-state index contributed by atoms with van der Waals surface area (Å²) in [4.78, 5) is 11.8. The lowest BCUT2D eigenvalue weighted by Gasteiger charge is -2.18. The molecule has 1 fully saturated rings. The smallest absolute Gasteiger partial charge is 0.187 e. The molecule has 142 valence electrons. The van der Waals surface area contributed by atoms with Crippen LogP contribution in [-0.4, -0.2) is 26.0 Å². The molecule has 1 heterocycles. The van der Waals surface area contributed by atoms with Crippen LogP contribution in [0.1, 0.15) is 31.9 Å². The molecule has 3 nitrogen and oxygen atoms in total. The van der Waals surface area contributed by atoms with Crippen LogP contribution in [0.5, 0.6) is 5.75 Å². The summed E-state index contributed by atoms with van der Waals surface area (Å²) in [6.07, 6.45) is 1.89. The van der Waals surface area contributed by atoms with Crippen molar-refractivity contribution in [3.63, 3.8) is 0 Å². The second-order valence-corrected chi connectivity index (χ2v) is 7.59. The van der Waals surface area contributed by atoms with Crippen LogP contribution < -0.4 is 10.1 Å². The maximum atomic E-state index is 11.8. The van der Waals surface area contributed by atoms with E-state index >= 15 is 0 Å². The summed E-state index contributed by atoms with van der Waals surface area (Å²) in [5.41, 5.74) is 4.06. The number of rotatable bonds is 2. The van der Waals surface area contributed by atoms with Gasteiger partial charge in [-0.25, -0.2) is 0 Å². The van der Waals surface area contributed by atoms with Gasteiger partial charge in [0.15, 0.2) is 5.78 Å². The minimum Gasteiger partial charge on any atom is -0.497 e. The SMILES string of the molecule is C=C1CNCC(=Cc2ccc(OC)cc2)C1=O.CC(C)(C)c1ccccc1. The van der Waals surface area contributed by atoms with Gasteiger partial charge in [0, 0.05) is 24.2 Å². The van der Waals surface area contributed by atoms with Crippen molar-refractivity contribution in [3.05, 3.63) is 83.4 Å². The molecular weight excluding hydrogens is 334 g/mol. The monoisotopic (exact) mass is 363 g/mol. The molecule has 0 aliphatic carbocycles. The summed E-state index contributed by atoms with van der Waals surface area (Å²) in [5, 5.41) is 3.14. The van der Waals surface area contributed by atoms with Crippen molar-refractivity contribution in [3.8, 4) is 5.75 Å². The Balaban J connectivity index is 0.000000223. The molecule has 2 aromatic carbocycles. The Labute approximate surface area is 162 Å². The van der Waals surface area contributed by atoms with Crippen LogP contribution in [0.4, 0.5) is 0 Å². The van der Waals surface area contributed by atoms with Crippen LogP contribution in [0, 0.1) is 0 Å². The molecule has 0 bridgehead atoms. The maximum absolute atomic E-state index is 11.8. The summed E-state index contributed by atoms with van der Waals surface area (Å²) in [7, 11) is 1.63. The summed E-state index contributed by atoms with van der Waals surface area (Å²) in [6.45, 7) is 11.6. The number of benzene rings is 2. The van der Waals surface area contributed by atoms with Crippen LogP contribution in [0.2, 0.25) is 0 Å². The highest BCUT2D eigenvalue weighted by Crippen LogP contribution is 2.20. The number of hydrogen-bond acceptors (Lipinski definition) is 3. The first kappa shape index (κ1) is 20.7. The highest BCUT2D eigenvalue weighted by atomic mass is 16.5. The summed E-state index contributed by atoms with van der Waals surface area (Å²) < 4.78 is 5.08. The van der Waals surface area contributed by atoms with Gasteiger partial charge in [-0.15, -0.1) is 0 Å². The van der Waals surface area contributed by atoms with E-state index < -0.39 is 0 Å². The molecule has 0 radical (unpaired) electrons. The van der Waals surface area contributed by atoms with E-state index in [1.54, 1.807) is 7.11 Å². The van der Waals surface area contributed by atoms with Crippen molar-refractivity contribution in [2.45, 2.75) is 26.2 Å². The third kappa shape index (κ3) is 6.22. The van der Waals surface area contributed by atoms with E-state index in [4.69, 9.17) is 4.74 Å². The average molecular weight is 364 g/mol. The van der Waals surface area contributed by atoms with Crippen molar-refractivity contribution in [1.29, 1.82) is 0 Å². The largest absolute Gasteiger partial charge is 0.497 e. The fourth-order valence-electron chi connectivity index (χ4n) is 2.69.